The van der Waals surface area contributed by atoms with Gasteiger partial charge in [-0.1, -0.05) is 19.9 Å². The van der Waals surface area contributed by atoms with Crippen molar-refractivity contribution in [1.82, 2.24) is 20.2 Å². The smallest absolute Gasteiger partial charge is 0.252 e. The van der Waals surface area contributed by atoms with Crippen LogP contribution in [0.15, 0.2) is 41.3 Å². The molecule has 44 heavy (non-hydrogen) atoms. The van der Waals surface area contributed by atoms with E-state index < -0.39 is 0 Å². The zero-order valence-corrected chi connectivity index (χ0v) is 27.3. The zero-order valence-electron chi connectivity index (χ0n) is 27.3. The van der Waals surface area contributed by atoms with Gasteiger partial charge in [-0.05, 0) is 105 Å². The molecule has 3 aromatic rings. The predicted molar refractivity (Wildman–Crippen MR) is 178 cm³/mol. The van der Waals surface area contributed by atoms with Gasteiger partial charge in [0.25, 0.3) is 5.56 Å². The minimum Gasteiger partial charge on any atom is -0.392 e. The molecule has 238 valence electrons. The van der Waals surface area contributed by atoms with Crippen LogP contribution in [0.25, 0.3) is 11.1 Å². The van der Waals surface area contributed by atoms with Crippen molar-refractivity contribution < 1.29 is 9.84 Å². The monoisotopic (exact) mass is 601 g/mol. The van der Waals surface area contributed by atoms with Crippen LogP contribution in [0, 0.1) is 13.8 Å². The third kappa shape index (κ3) is 7.78. The number of nitrogens with one attached hydrogen (secondary N) is 2. The molecule has 4 heterocycles. The molecule has 1 atom stereocenters. The number of rotatable bonds is 11. The Morgan fingerprint density at radius 3 is 2.59 bits per heavy atom. The second kappa shape index (κ2) is 14.8. The van der Waals surface area contributed by atoms with Crippen molar-refractivity contribution in [2.24, 2.45) is 0 Å². The number of hydrogen-bond acceptors (Lipinski definition) is 7. The zero-order chi connectivity index (χ0) is 31.2. The van der Waals surface area contributed by atoms with Gasteiger partial charge in [0, 0.05) is 80.7 Å². The molecule has 2 aliphatic rings. The van der Waals surface area contributed by atoms with Gasteiger partial charge in [0.15, 0.2) is 0 Å². The molecule has 5 rings (SSSR count). The fourth-order valence-corrected chi connectivity index (χ4v) is 6.88. The van der Waals surface area contributed by atoms with Gasteiger partial charge >= 0.3 is 0 Å². The number of aryl methyl sites for hydroxylation is 1. The fraction of sp³-hybridized carbons (Fsp3) is 0.556. The van der Waals surface area contributed by atoms with E-state index in [1.807, 2.05) is 13.1 Å². The van der Waals surface area contributed by atoms with E-state index in [1.165, 1.54) is 16.8 Å². The average molecular weight is 602 g/mol. The molecule has 0 radical (unpaired) electrons. The van der Waals surface area contributed by atoms with E-state index in [9.17, 15) is 9.90 Å². The van der Waals surface area contributed by atoms with E-state index in [2.05, 4.69) is 78.1 Å². The van der Waals surface area contributed by atoms with Crippen LogP contribution < -0.4 is 15.8 Å². The number of hydrogen-bond donors (Lipinski definition) is 3. The largest absolute Gasteiger partial charge is 0.392 e. The molecule has 0 amide bonds. The first-order valence-corrected chi connectivity index (χ1v) is 16.5. The molecule has 1 aromatic carbocycles. The summed E-state index contributed by atoms with van der Waals surface area (Å²) in [4.78, 5) is 25.6. The number of aliphatic hydroxyl groups is 1. The molecule has 8 nitrogen and oxygen atoms in total. The number of ether oxygens (including phenoxy) is 1. The molecule has 2 aromatic heterocycles. The number of anilines is 1. The van der Waals surface area contributed by atoms with Crippen LogP contribution in [0.4, 0.5) is 5.69 Å². The minimum absolute atomic E-state index is 0.00531. The number of likely N-dealkylation sites (tertiary alicyclic amines) is 1. The molecule has 8 heteroatoms. The third-order valence-corrected chi connectivity index (χ3v) is 9.34. The molecular weight excluding hydrogens is 550 g/mol. The van der Waals surface area contributed by atoms with E-state index in [-0.39, 0.29) is 17.6 Å². The van der Waals surface area contributed by atoms with Crippen LogP contribution in [0.5, 0.6) is 0 Å². The number of H-pyrrole nitrogens is 1. The van der Waals surface area contributed by atoms with Gasteiger partial charge in [-0.25, -0.2) is 0 Å². The highest BCUT2D eigenvalue weighted by Crippen LogP contribution is 2.34. The first-order chi connectivity index (χ1) is 21.2. The van der Waals surface area contributed by atoms with E-state index in [0.29, 0.717) is 25.7 Å². The third-order valence-electron chi connectivity index (χ3n) is 9.34. The van der Waals surface area contributed by atoms with Crippen molar-refractivity contribution in [1.29, 1.82) is 0 Å². The number of aliphatic hydroxyl groups excluding tert-OH is 1. The van der Waals surface area contributed by atoms with Gasteiger partial charge < -0.3 is 25.0 Å². The summed E-state index contributed by atoms with van der Waals surface area (Å²) >= 11 is 0. The number of pyridine rings is 2. The topological polar surface area (TPSA) is 93.7 Å². The molecule has 0 unspecified atom stereocenters. The molecule has 0 spiro atoms. The Kier molecular flexibility index (Phi) is 10.9. The lowest BCUT2D eigenvalue weighted by atomic mass is 9.95. The number of benzene rings is 1. The quantitative estimate of drug-likeness (QED) is 0.270. The Morgan fingerprint density at radius 1 is 1.11 bits per heavy atom. The number of piperidine rings is 1. The first kappa shape index (κ1) is 32.4. The molecule has 2 aliphatic heterocycles. The molecule has 0 bridgehead atoms. The van der Waals surface area contributed by atoms with Crippen molar-refractivity contribution >= 4 is 5.69 Å². The number of β-amino-alcohol motifs (C(OH)–C–C–N with tert-alkyl or cyclic N) is 1. The van der Waals surface area contributed by atoms with Crippen molar-refractivity contribution in [3.05, 3.63) is 80.5 Å². The summed E-state index contributed by atoms with van der Waals surface area (Å²) in [6.07, 6.45) is 5.73. The number of nitrogens with zero attached hydrogens (tertiary/aromatic N) is 3. The molecular formula is C36H51N5O3. The normalized spacial score (nSPS) is 18.2. The maximum atomic E-state index is 12.9. The second-order valence-corrected chi connectivity index (χ2v) is 13.0. The summed E-state index contributed by atoms with van der Waals surface area (Å²) in [6, 6.07) is 11.5. The summed E-state index contributed by atoms with van der Waals surface area (Å²) < 4.78 is 5.70. The minimum atomic E-state index is -0.236. The van der Waals surface area contributed by atoms with E-state index in [4.69, 9.17) is 9.72 Å². The Labute approximate surface area is 262 Å². The van der Waals surface area contributed by atoms with Crippen LogP contribution in [0.2, 0.25) is 0 Å². The highest BCUT2D eigenvalue weighted by atomic mass is 16.5. The molecule has 2 saturated heterocycles. The average Bonchev–Trinajstić information content (AvgIpc) is 3.00. The van der Waals surface area contributed by atoms with Crippen molar-refractivity contribution in [2.75, 3.05) is 37.7 Å². The van der Waals surface area contributed by atoms with Gasteiger partial charge in [-0.15, -0.1) is 0 Å². The van der Waals surface area contributed by atoms with Gasteiger partial charge in [0.05, 0.1) is 11.8 Å². The van der Waals surface area contributed by atoms with Crippen molar-refractivity contribution in [2.45, 2.75) is 98.0 Å². The van der Waals surface area contributed by atoms with E-state index >= 15 is 0 Å². The lowest BCUT2D eigenvalue weighted by Gasteiger charge is -2.37. The van der Waals surface area contributed by atoms with E-state index in [0.717, 1.165) is 92.2 Å². The Bertz CT molecular complexity index is 1450. The Morgan fingerprint density at radius 2 is 1.91 bits per heavy atom. The lowest BCUT2D eigenvalue weighted by molar-refractivity contribution is 0.0662. The molecule has 3 N–H and O–H groups in total. The summed E-state index contributed by atoms with van der Waals surface area (Å²) in [7, 11) is 0. The standard InChI is InChI=1S/C36H51N5O3/c1-6-41(31-11-14-44-15-12-31)35-18-28(27-9-10-30(38-20-27)22-40-13-7-8-32(42)23-40)17-29(26(35)5)19-37-21-34-33(24(2)3)16-25(4)39-36(34)43/h9-10,16-18,20,24,31-32,37,42H,6-8,11-15,19,21-23H2,1-5H3,(H,39,43)/t32-/m0/s1. The van der Waals surface area contributed by atoms with Gasteiger partial charge in [0.1, 0.15) is 0 Å². The lowest BCUT2D eigenvalue weighted by Crippen LogP contribution is -2.40. The maximum absolute atomic E-state index is 12.9. The van der Waals surface area contributed by atoms with Gasteiger partial charge in [-0.2, -0.15) is 0 Å². The summed E-state index contributed by atoms with van der Waals surface area (Å²) in [6.45, 7) is 16.9. The van der Waals surface area contributed by atoms with Crippen LogP contribution >= 0.6 is 0 Å². The van der Waals surface area contributed by atoms with Gasteiger partial charge in [0.2, 0.25) is 0 Å². The highest BCUT2D eigenvalue weighted by molar-refractivity contribution is 5.72. The first-order valence-electron chi connectivity index (χ1n) is 16.5. The van der Waals surface area contributed by atoms with Gasteiger partial charge in [-0.3, -0.25) is 14.7 Å². The maximum Gasteiger partial charge on any atom is 0.252 e. The van der Waals surface area contributed by atoms with Crippen LogP contribution in [0.1, 0.15) is 86.0 Å². The number of aromatic amines is 1. The van der Waals surface area contributed by atoms with Crippen LogP contribution in [0.3, 0.4) is 0 Å². The Hall–Kier alpha value is -3.04. The van der Waals surface area contributed by atoms with Crippen LogP contribution in [-0.2, 0) is 24.4 Å². The van der Waals surface area contributed by atoms with E-state index in [1.54, 1.807) is 0 Å². The Balaban J connectivity index is 1.42. The molecule has 2 fully saturated rings. The highest BCUT2D eigenvalue weighted by Gasteiger charge is 2.24. The predicted octanol–water partition coefficient (Wildman–Crippen LogP) is 5.43. The summed E-state index contributed by atoms with van der Waals surface area (Å²) in [5.74, 6) is 0.275. The second-order valence-electron chi connectivity index (χ2n) is 13.0. The van der Waals surface area contributed by atoms with Crippen molar-refractivity contribution in [3.8, 4) is 11.1 Å². The summed E-state index contributed by atoms with van der Waals surface area (Å²) in [5, 5.41) is 13.7. The molecule has 0 aliphatic carbocycles. The summed E-state index contributed by atoms with van der Waals surface area (Å²) in [5.41, 5.74) is 9.84. The number of aromatic nitrogens is 2. The van der Waals surface area contributed by atoms with Crippen LogP contribution in [-0.4, -0.2) is 65.0 Å². The molecule has 0 saturated carbocycles. The fourth-order valence-electron chi connectivity index (χ4n) is 6.88. The van der Waals surface area contributed by atoms with Crippen molar-refractivity contribution in [3.63, 3.8) is 0 Å². The SMILES string of the molecule is CCN(c1cc(-c2ccc(CN3CCC[C@H](O)C3)nc2)cc(CNCc2c(C(C)C)cc(C)[nH]c2=O)c1C)C1CCOCC1.